The highest BCUT2D eigenvalue weighted by Gasteiger charge is 2.40. The number of amides is 1. The van der Waals surface area contributed by atoms with Gasteiger partial charge >= 0.3 is 0 Å². The van der Waals surface area contributed by atoms with Gasteiger partial charge in [0, 0.05) is 12.7 Å². The van der Waals surface area contributed by atoms with Gasteiger partial charge in [-0.05, 0) is 43.7 Å². The Hall–Kier alpha value is -1.13. The van der Waals surface area contributed by atoms with Crippen LogP contribution in [0.2, 0.25) is 5.02 Å². The summed E-state index contributed by atoms with van der Waals surface area (Å²) in [7, 11) is 0. The Kier molecular flexibility index (Phi) is 4.42. The fraction of sp³-hybridized carbons (Fsp3) is 0.571. The van der Waals surface area contributed by atoms with Crippen LogP contribution in [0.25, 0.3) is 0 Å². The van der Waals surface area contributed by atoms with Gasteiger partial charge in [0.1, 0.15) is 0 Å². The second-order valence-corrected chi connectivity index (χ2v) is 5.86. The molecule has 1 saturated carbocycles. The fourth-order valence-electron chi connectivity index (χ4n) is 2.56. The number of halogens is 1. The number of nitrogens with two attached hydrogens (primary N) is 1. The predicted octanol–water partition coefficient (Wildman–Crippen LogP) is 2.83. The summed E-state index contributed by atoms with van der Waals surface area (Å²) in [5, 5.41) is 3.28. The fourth-order valence-corrected chi connectivity index (χ4v) is 2.73. The molecule has 1 aliphatic rings. The summed E-state index contributed by atoms with van der Waals surface area (Å²) in [5.41, 5.74) is 5.40. The molecule has 0 spiro atoms. The molecule has 3 N–H and O–H groups in total. The van der Waals surface area contributed by atoms with Crippen LogP contribution in [0.5, 0.6) is 0 Å². The number of aromatic nitrogens is 1. The molecule has 1 fully saturated rings. The monoisotopic (exact) mass is 281 g/mol. The second-order valence-electron chi connectivity index (χ2n) is 5.45. The van der Waals surface area contributed by atoms with Gasteiger partial charge in [0.25, 0.3) is 0 Å². The minimum Gasteiger partial charge on any atom is -0.329 e. The largest absolute Gasteiger partial charge is 0.329 e. The average Bonchev–Trinajstić information content (AvgIpc) is 2.42. The summed E-state index contributed by atoms with van der Waals surface area (Å²) in [6, 6.07) is 3.45. The van der Waals surface area contributed by atoms with Crippen LogP contribution < -0.4 is 11.1 Å². The first kappa shape index (κ1) is 14.3. The molecule has 4 nitrogen and oxygen atoms in total. The van der Waals surface area contributed by atoms with Crippen LogP contribution >= 0.6 is 11.6 Å². The van der Waals surface area contributed by atoms with E-state index < -0.39 is 5.41 Å². The van der Waals surface area contributed by atoms with Crippen molar-refractivity contribution in [3.63, 3.8) is 0 Å². The molecule has 0 atom stereocenters. The Morgan fingerprint density at radius 3 is 2.84 bits per heavy atom. The molecule has 104 valence electrons. The quantitative estimate of drug-likeness (QED) is 0.895. The summed E-state index contributed by atoms with van der Waals surface area (Å²) in [4.78, 5) is 16.6. The molecule has 1 amide bonds. The van der Waals surface area contributed by atoms with Crippen molar-refractivity contribution >= 4 is 23.3 Å². The van der Waals surface area contributed by atoms with Gasteiger partial charge in [0.15, 0.2) is 5.82 Å². The van der Waals surface area contributed by atoms with Crippen molar-refractivity contribution in [1.29, 1.82) is 0 Å². The Morgan fingerprint density at radius 1 is 1.58 bits per heavy atom. The molecular formula is C14H20ClN3O. The topological polar surface area (TPSA) is 68.0 Å². The maximum atomic E-state index is 12.5. The first-order valence-corrected chi connectivity index (χ1v) is 7.07. The summed E-state index contributed by atoms with van der Waals surface area (Å²) in [6.45, 7) is 2.59. The highest BCUT2D eigenvalue weighted by Crippen LogP contribution is 2.39. The molecule has 1 aromatic rings. The van der Waals surface area contributed by atoms with E-state index >= 15 is 0 Å². The van der Waals surface area contributed by atoms with Crippen LogP contribution in [0.1, 0.15) is 32.6 Å². The Bertz CT molecular complexity index is 456. The molecule has 1 aromatic heterocycles. The summed E-state index contributed by atoms with van der Waals surface area (Å²) < 4.78 is 0. The van der Waals surface area contributed by atoms with Crippen molar-refractivity contribution in [3.8, 4) is 0 Å². The molecule has 0 aliphatic heterocycles. The number of rotatable bonds is 3. The smallest absolute Gasteiger partial charge is 0.233 e. The van der Waals surface area contributed by atoms with Gasteiger partial charge in [-0.3, -0.25) is 4.79 Å². The second kappa shape index (κ2) is 5.88. The number of anilines is 1. The van der Waals surface area contributed by atoms with Crippen LogP contribution in [0, 0.1) is 11.3 Å². The molecule has 0 bridgehead atoms. The molecule has 2 rings (SSSR count). The summed E-state index contributed by atoms with van der Waals surface area (Å²) >= 11 is 6.01. The maximum absolute atomic E-state index is 12.5. The third kappa shape index (κ3) is 3.07. The van der Waals surface area contributed by atoms with Gasteiger partial charge in [0.2, 0.25) is 5.91 Å². The molecule has 1 heterocycles. The van der Waals surface area contributed by atoms with Crippen LogP contribution in [0.3, 0.4) is 0 Å². The minimum atomic E-state index is -0.465. The average molecular weight is 282 g/mol. The number of carbonyl (C=O) groups is 1. The van der Waals surface area contributed by atoms with E-state index in [1.165, 1.54) is 0 Å². The molecule has 0 saturated heterocycles. The van der Waals surface area contributed by atoms with Crippen molar-refractivity contribution in [1.82, 2.24) is 4.98 Å². The lowest BCUT2D eigenvalue weighted by Crippen LogP contribution is -2.45. The van der Waals surface area contributed by atoms with Crippen molar-refractivity contribution in [3.05, 3.63) is 23.4 Å². The van der Waals surface area contributed by atoms with Gasteiger partial charge < -0.3 is 11.1 Å². The predicted molar refractivity (Wildman–Crippen MR) is 77.0 cm³/mol. The number of carbonyl (C=O) groups excluding carboxylic acids is 1. The van der Waals surface area contributed by atoms with Gasteiger partial charge in [-0.1, -0.05) is 18.5 Å². The van der Waals surface area contributed by atoms with E-state index in [0.717, 1.165) is 25.7 Å². The Morgan fingerprint density at radius 2 is 2.26 bits per heavy atom. The van der Waals surface area contributed by atoms with Crippen molar-refractivity contribution in [2.45, 2.75) is 32.6 Å². The maximum Gasteiger partial charge on any atom is 0.233 e. The SMILES string of the molecule is CC1CCC(CN)(C(=O)Nc2ncccc2Cl)CC1. The Balaban J connectivity index is 2.12. The van der Waals surface area contributed by atoms with E-state index in [2.05, 4.69) is 17.2 Å². The number of hydrogen-bond acceptors (Lipinski definition) is 3. The molecule has 0 aromatic carbocycles. The van der Waals surface area contributed by atoms with Crippen LogP contribution in [0.4, 0.5) is 5.82 Å². The summed E-state index contributed by atoms with van der Waals surface area (Å²) in [5.74, 6) is 1.04. The zero-order valence-corrected chi connectivity index (χ0v) is 11.9. The minimum absolute atomic E-state index is 0.0532. The van der Waals surface area contributed by atoms with E-state index in [-0.39, 0.29) is 5.91 Å². The van der Waals surface area contributed by atoms with Crippen molar-refractivity contribution in [2.24, 2.45) is 17.1 Å². The molecule has 19 heavy (non-hydrogen) atoms. The van der Waals surface area contributed by atoms with Gasteiger partial charge in [-0.25, -0.2) is 4.98 Å². The third-order valence-corrected chi connectivity index (χ3v) is 4.40. The molecule has 0 unspecified atom stereocenters. The highest BCUT2D eigenvalue weighted by atomic mass is 35.5. The highest BCUT2D eigenvalue weighted by molar-refractivity contribution is 6.33. The van der Waals surface area contributed by atoms with Gasteiger partial charge in [-0.2, -0.15) is 0 Å². The van der Waals surface area contributed by atoms with E-state index in [1.54, 1.807) is 18.3 Å². The third-order valence-electron chi connectivity index (χ3n) is 4.09. The lowest BCUT2D eigenvalue weighted by Gasteiger charge is -2.37. The number of nitrogens with zero attached hydrogens (tertiary/aromatic N) is 1. The van der Waals surface area contributed by atoms with E-state index in [0.29, 0.717) is 23.3 Å². The van der Waals surface area contributed by atoms with Crippen LogP contribution in [0.15, 0.2) is 18.3 Å². The van der Waals surface area contributed by atoms with Crippen LogP contribution in [-0.4, -0.2) is 17.4 Å². The standard InChI is InChI=1S/C14H20ClN3O/c1-10-4-6-14(9-16,7-5-10)13(19)18-12-11(15)3-2-8-17-12/h2-3,8,10H,4-7,9,16H2,1H3,(H,17,18,19). The van der Waals surface area contributed by atoms with Crippen molar-refractivity contribution < 1.29 is 4.79 Å². The lowest BCUT2D eigenvalue weighted by molar-refractivity contribution is -0.127. The van der Waals surface area contributed by atoms with E-state index in [9.17, 15) is 4.79 Å². The summed E-state index contributed by atoms with van der Waals surface area (Å²) in [6.07, 6.45) is 5.36. The van der Waals surface area contributed by atoms with Crippen LogP contribution in [-0.2, 0) is 4.79 Å². The molecule has 1 aliphatic carbocycles. The molecular weight excluding hydrogens is 262 g/mol. The molecule has 0 radical (unpaired) electrons. The normalized spacial score (nSPS) is 27.0. The van der Waals surface area contributed by atoms with E-state index in [4.69, 9.17) is 17.3 Å². The first-order valence-electron chi connectivity index (χ1n) is 6.69. The lowest BCUT2D eigenvalue weighted by atomic mass is 9.70. The zero-order valence-electron chi connectivity index (χ0n) is 11.2. The Labute approximate surface area is 118 Å². The van der Waals surface area contributed by atoms with E-state index in [1.807, 2.05) is 0 Å². The number of pyridine rings is 1. The van der Waals surface area contributed by atoms with Gasteiger partial charge in [0.05, 0.1) is 10.4 Å². The van der Waals surface area contributed by atoms with Crippen molar-refractivity contribution in [2.75, 3.05) is 11.9 Å². The molecule has 5 heteroatoms. The van der Waals surface area contributed by atoms with Gasteiger partial charge in [-0.15, -0.1) is 0 Å². The first-order chi connectivity index (χ1) is 9.07. The number of nitrogens with one attached hydrogen (secondary N) is 1. The number of hydrogen-bond donors (Lipinski definition) is 2. The zero-order chi connectivity index (χ0) is 13.9.